The maximum absolute atomic E-state index is 12.9. The molecule has 0 spiro atoms. The van der Waals surface area contributed by atoms with Crippen LogP contribution in [0.5, 0.6) is 0 Å². The lowest BCUT2D eigenvalue weighted by atomic mass is 10.1. The maximum Gasteiger partial charge on any atom is 0.251 e. The summed E-state index contributed by atoms with van der Waals surface area (Å²) >= 11 is 0. The molecule has 0 unspecified atom stereocenters. The lowest BCUT2D eigenvalue weighted by molar-refractivity contribution is -0.145. The molecule has 182 valence electrons. The van der Waals surface area contributed by atoms with Gasteiger partial charge in [0.15, 0.2) is 0 Å². The van der Waals surface area contributed by atoms with Gasteiger partial charge in [0.2, 0.25) is 5.78 Å². The standard InChI is InChI=1S/C29H32N2O4/c1-22-7-13-26(14-8-22)28(32)27-6-3-15-31(27)21-25-11-9-24(10-12-25)5-4-18-35-23(2)29(33)30-16-19-34-20-17-30/h3-15,23H,16-21H2,1-2H3/b5-4+/t23-/m1/s1. The van der Waals surface area contributed by atoms with Gasteiger partial charge in [-0.2, -0.15) is 0 Å². The summed E-state index contributed by atoms with van der Waals surface area (Å²) in [4.78, 5) is 27.1. The van der Waals surface area contributed by atoms with Crippen molar-refractivity contribution in [2.45, 2.75) is 26.5 Å². The van der Waals surface area contributed by atoms with Crippen LogP contribution in [0.15, 0.2) is 72.9 Å². The first kappa shape index (κ1) is 24.6. The number of amides is 1. The summed E-state index contributed by atoms with van der Waals surface area (Å²) in [6.45, 7) is 7.21. The molecule has 4 rings (SSSR count). The normalized spacial score (nSPS) is 14.9. The van der Waals surface area contributed by atoms with Gasteiger partial charge < -0.3 is 18.9 Å². The van der Waals surface area contributed by atoms with Crippen molar-refractivity contribution in [3.63, 3.8) is 0 Å². The molecule has 1 atom stereocenters. The SMILES string of the molecule is Cc1ccc(C(=O)c2cccn2Cc2ccc(/C=C/CO[C@H](C)C(=O)N3CCOCC3)cc2)cc1. The second-order valence-corrected chi connectivity index (χ2v) is 8.77. The van der Waals surface area contributed by atoms with Gasteiger partial charge in [-0.05, 0) is 37.1 Å². The number of hydrogen-bond donors (Lipinski definition) is 0. The molecule has 6 nitrogen and oxygen atoms in total. The first-order valence-corrected chi connectivity index (χ1v) is 12.0. The van der Waals surface area contributed by atoms with Gasteiger partial charge in [-0.15, -0.1) is 0 Å². The second-order valence-electron chi connectivity index (χ2n) is 8.77. The Morgan fingerprint density at radius 3 is 2.46 bits per heavy atom. The van der Waals surface area contributed by atoms with E-state index in [0.29, 0.717) is 50.7 Å². The Hall–Kier alpha value is -3.48. The molecule has 1 aliphatic heterocycles. The summed E-state index contributed by atoms with van der Waals surface area (Å²) in [5.41, 5.74) is 4.66. The Balaban J connectivity index is 1.29. The van der Waals surface area contributed by atoms with Gasteiger partial charge in [0, 0.05) is 31.4 Å². The van der Waals surface area contributed by atoms with E-state index in [1.807, 2.05) is 78.4 Å². The summed E-state index contributed by atoms with van der Waals surface area (Å²) in [5, 5.41) is 0. The van der Waals surface area contributed by atoms with E-state index in [-0.39, 0.29) is 11.7 Å². The monoisotopic (exact) mass is 472 g/mol. The van der Waals surface area contributed by atoms with Crippen LogP contribution in [0, 0.1) is 6.92 Å². The van der Waals surface area contributed by atoms with Gasteiger partial charge in [0.25, 0.3) is 5.91 Å². The number of aromatic nitrogens is 1. The fraction of sp³-hybridized carbons (Fsp3) is 0.310. The molecule has 1 aromatic heterocycles. The Morgan fingerprint density at radius 1 is 1.03 bits per heavy atom. The number of nitrogens with zero attached hydrogens (tertiary/aromatic N) is 2. The molecular formula is C29H32N2O4. The minimum Gasteiger partial charge on any atom is -0.378 e. The van der Waals surface area contributed by atoms with Crippen LogP contribution in [0.4, 0.5) is 0 Å². The Labute approximate surface area is 206 Å². The molecule has 0 aliphatic carbocycles. The molecular weight excluding hydrogens is 440 g/mol. The summed E-state index contributed by atoms with van der Waals surface area (Å²) in [5.74, 6) is 0.0344. The number of carbonyl (C=O) groups is 2. The predicted molar refractivity (Wildman–Crippen MR) is 136 cm³/mol. The van der Waals surface area contributed by atoms with Crippen molar-refractivity contribution >= 4 is 17.8 Å². The second kappa shape index (κ2) is 11.8. The quantitative estimate of drug-likeness (QED) is 0.435. The number of carbonyl (C=O) groups excluding carboxylic acids is 2. The number of ether oxygens (including phenoxy) is 2. The molecule has 0 radical (unpaired) electrons. The number of aryl methyl sites for hydroxylation is 1. The molecule has 1 saturated heterocycles. The van der Waals surface area contributed by atoms with E-state index >= 15 is 0 Å². The molecule has 1 aliphatic rings. The number of benzene rings is 2. The van der Waals surface area contributed by atoms with Crippen molar-refractivity contribution in [2.75, 3.05) is 32.9 Å². The lowest BCUT2D eigenvalue weighted by Crippen LogP contribution is -2.45. The summed E-state index contributed by atoms with van der Waals surface area (Å²) < 4.78 is 13.0. The first-order valence-electron chi connectivity index (χ1n) is 12.0. The molecule has 35 heavy (non-hydrogen) atoms. The highest BCUT2D eigenvalue weighted by Crippen LogP contribution is 2.15. The molecule has 3 aromatic rings. The van der Waals surface area contributed by atoms with Gasteiger partial charge in [-0.3, -0.25) is 9.59 Å². The number of ketones is 1. The zero-order chi connectivity index (χ0) is 24.6. The van der Waals surface area contributed by atoms with E-state index in [1.54, 1.807) is 11.8 Å². The van der Waals surface area contributed by atoms with E-state index < -0.39 is 6.10 Å². The van der Waals surface area contributed by atoms with Crippen LogP contribution < -0.4 is 0 Å². The van der Waals surface area contributed by atoms with E-state index in [2.05, 4.69) is 12.1 Å². The zero-order valence-corrected chi connectivity index (χ0v) is 20.4. The number of rotatable bonds is 9. The summed E-state index contributed by atoms with van der Waals surface area (Å²) in [7, 11) is 0. The smallest absolute Gasteiger partial charge is 0.251 e. The fourth-order valence-corrected chi connectivity index (χ4v) is 4.04. The Morgan fingerprint density at radius 2 is 1.74 bits per heavy atom. The van der Waals surface area contributed by atoms with Crippen LogP contribution in [0.2, 0.25) is 0 Å². The predicted octanol–water partition coefficient (Wildman–Crippen LogP) is 4.35. The summed E-state index contributed by atoms with van der Waals surface area (Å²) in [6, 6.07) is 19.6. The van der Waals surface area contributed by atoms with Crippen LogP contribution in [0.3, 0.4) is 0 Å². The average Bonchev–Trinajstić information content (AvgIpc) is 3.35. The Bertz CT molecular complexity index is 1160. The molecule has 6 heteroatoms. The topological polar surface area (TPSA) is 60.8 Å². The van der Waals surface area contributed by atoms with E-state index in [1.165, 1.54) is 0 Å². The van der Waals surface area contributed by atoms with Crippen molar-refractivity contribution in [1.29, 1.82) is 0 Å². The van der Waals surface area contributed by atoms with Gasteiger partial charge in [-0.25, -0.2) is 0 Å². The third-order valence-electron chi connectivity index (χ3n) is 6.13. The lowest BCUT2D eigenvalue weighted by Gasteiger charge is -2.29. The van der Waals surface area contributed by atoms with Crippen molar-refractivity contribution < 1.29 is 19.1 Å². The van der Waals surface area contributed by atoms with Crippen LogP contribution in [-0.2, 0) is 20.8 Å². The highest BCUT2D eigenvalue weighted by molar-refractivity contribution is 6.08. The van der Waals surface area contributed by atoms with Gasteiger partial charge in [-0.1, -0.05) is 66.2 Å². The summed E-state index contributed by atoms with van der Waals surface area (Å²) in [6.07, 6.45) is 5.37. The van der Waals surface area contributed by atoms with Crippen LogP contribution in [0.25, 0.3) is 6.08 Å². The van der Waals surface area contributed by atoms with Crippen LogP contribution in [-0.4, -0.2) is 60.2 Å². The number of hydrogen-bond acceptors (Lipinski definition) is 4. The third kappa shape index (κ3) is 6.56. The largest absolute Gasteiger partial charge is 0.378 e. The molecule has 2 heterocycles. The first-order chi connectivity index (χ1) is 17.0. The molecule has 0 saturated carbocycles. The minimum atomic E-state index is -0.474. The van der Waals surface area contributed by atoms with E-state index in [9.17, 15) is 9.59 Å². The van der Waals surface area contributed by atoms with Crippen LogP contribution >= 0.6 is 0 Å². The van der Waals surface area contributed by atoms with Crippen molar-refractivity contribution in [3.8, 4) is 0 Å². The zero-order valence-electron chi connectivity index (χ0n) is 20.4. The molecule has 1 amide bonds. The van der Waals surface area contributed by atoms with Gasteiger partial charge in [0.05, 0.1) is 25.5 Å². The van der Waals surface area contributed by atoms with E-state index in [4.69, 9.17) is 9.47 Å². The maximum atomic E-state index is 12.9. The molecule has 2 aromatic carbocycles. The fourth-order valence-electron chi connectivity index (χ4n) is 4.04. The van der Waals surface area contributed by atoms with Crippen LogP contribution in [0.1, 0.15) is 39.7 Å². The Kier molecular flexibility index (Phi) is 8.29. The van der Waals surface area contributed by atoms with Gasteiger partial charge >= 0.3 is 0 Å². The van der Waals surface area contributed by atoms with Crippen molar-refractivity contribution in [1.82, 2.24) is 9.47 Å². The molecule has 1 fully saturated rings. The van der Waals surface area contributed by atoms with Crippen molar-refractivity contribution in [2.24, 2.45) is 0 Å². The average molecular weight is 473 g/mol. The highest BCUT2D eigenvalue weighted by Gasteiger charge is 2.22. The molecule has 0 bridgehead atoms. The van der Waals surface area contributed by atoms with E-state index in [0.717, 1.165) is 16.7 Å². The highest BCUT2D eigenvalue weighted by atomic mass is 16.5. The molecule has 0 N–H and O–H groups in total. The van der Waals surface area contributed by atoms with Crippen molar-refractivity contribution in [3.05, 3.63) is 101 Å². The van der Waals surface area contributed by atoms with Gasteiger partial charge in [0.1, 0.15) is 6.10 Å². The third-order valence-corrected chi connectivity index (χ3v) is 6.13. The number of morpholine rings is 1. The minimum absolute atomic E-state index is 0.0105.